The van der Waals surface area contributed by atoms with Crippen LogP contribution in [0.3, 0.4) is 0 Å². The Labute approximate surface area is 86.4 Å². The minimum Gasteiger partial charge on any atom is -0.377 e. The Morgan fingerprint density at radius 3 is 2.93 bits per heavy atom. The minimum absolute atomic E-state index is 0.341. The molecule has 14 heavy (non-hydrogen) atoms. The number of rotatable bonds is 6. The van der Waals surface area contributed by atoms with Crippen LogP contribution in [0, 0.1) is 0 Å². The van der Waals surface area contributed by atoms with Crippen molar-refractivity contribution >= 4 is 5.78 Å². The maximum absolute atomic E-state index is 11.3. The van der Waals surface area contributed by atoms with Crippen molar-refractivity contribution in [2.75, 3.05) is 26.7 Å². The highest BCUT2D eigenvalue weighted by Gasteiger charge is 2.18. The summed E-state index contributed by atoms with van der Waals surface area (Å²) in [5.41, 5.74) is 0. The highest BCUT2D eigenvalue weighted by atomic mass is 16.5. The summed E-state index contributed by atoms with van der Waals surface area (Å²) in [7, 11) is 2.00. The molecule has 0 N–H and O–H groups in total. The zero-order chi connectivity index (χ0) is 10.4. The summed E-state index contributed by atoms with van der Waals surface area (Å²) in [5.74, 6) is 0.341. The molecule has 1 fully saturated rings. The largest absolute Gasteiger partial charge is 0.377 e. The fraction of sp³-hybridized carbons (Fsp3) is 0.909. The first-order valence-electron chi connectivity index (χ1n) is 5.54. The third-order valence-electron chi connectivity index (χ3n) is 2.51. The number of carbonyl (C=O) groups is 1. The number of likely N-dealkylation sites (N-methyl/N-ethyl adjacent to an activating group) is 1. The molecule has 82 valence electrons. The number of hydrogen-bond donors (Lipinski definition) is 0. The number of nitrogens with zero attached hydrogens (tertiary/aromatic N) is 1. The zero-order valence-corrected chi connectivity index (χ0v) is 9.29. The molecule has 1 aliphatic rings. The van der Waals surface area contributed by atoms with Gasteiger partial charge in [0, 0.05) is 19.6 Å². The topological polar surface area (TPSA) is 29.5 Å². The quantitative estimate of drug-likeness (QED) is 0.648. The summed E-state index contributed by atoms with van der Waals surface area (Å²) in [6, 6.07) is 0. The van der Waals surface area contributed by atoms with Crippen LogP contribution in [-0.2, 0) is 9.53 Å². The Morgan fingerprint density at radius 1 is 1.57 bits per heavy atom. The molecular weight excluding hydrogens is 178 g/mol. The van der Waals surface area contributed by atoms with Crippen LogP contribution in [0.1, 0.15) is 32.6 Å². The molecule has 0 radical (unpaired) electrons. The fourth-order valence-corrected chi connectivity index (χ4v) is 1.86. The van der Waals surface area contributed by atoms with Crippen molar-refractivity contribution < 1.29 is 9.53 Å². The molecule has 1 saturated heterocycles. The van der Waals surface area contributed by atoms with E-state index in [1.807, 2.05) is 14.0 Å². The summed E-state index contributed by atoms with van der Waals surface area (Å²) in [5, 5.41) is 0. The Kier molecular flexibility index (Phi) is 5.12. The summed E-state index contributed by atoms with van der Waals surface area (Å²) in [4.78, 5) is 13.4. The molecule has 1 aliphatic heterocycles. The van der Waals surface area contributed by atoms with Crippen LogP contribution in [0.15, 0.2) is 0 Å². The number of ketones is 1. The van der Waals surface area contributed by atoms with Crippen molar-refractivity contribution in [3.63, 3.8) is 0 Å². The average molecular weight is 199 g/mol. The van der Waals surface area contributed by atoms with Crippen LogP contribution < -0.4 is 0 Å². The first-order valence-corrected chi connectivity index (χ1v) is 5.54. The van der Waals surface area contributed by atoms with Crippen LogP contribution >= 0.6 is 0 Å². The van der Waals surface area contributed by atoms with Crippen molar-refractivity contribution in [3.05, 3.63) is 0 Å². The van der Waals surface area contributed by atoms with Gasteiger partial charge in [-0.3, -0.25) is 9.69 Å². The van der Waals surface area contributed by atoms with Gasteiger partial charge in [0.1, 0.15) is 5.78 Å². The van der Waals surface area contributed by atoms with Crippen molar-refractivity contribution in [2.24, 2.45) is 0 Å². The normalized spacial score (nSPS) is 21.8. The fourth-order valence-electron chi connectivity index (χ4n) is 1.86. The number of Topliss-reactive ketones (excluding diaryl/α,β-unsaturated/α-hetero) is 1. The molecule has 0 aliphatic carbocycles. The van der Waals surface area contributed by atoms with E-state index < -0.39 is 0 Å². The molecule has 1 rings (SSSR count). The average Bonchev–Trinajstić information content (AvgIpc) is 2.56. The van der Waals surface area contributed by atoms with Gasteiger partial charge in [0.15, 0.2) is 0 Å². The smallest absolute Gasteiger partial charge is 0.146 e. The Hall–Kier alpha value is -0.410. The van der Waals surface area contributed by atoms with E-state index in [-0.39, 0.29) is 0 Å². The van der Waals surface area contributed by atoms with Gasteiger partial charge in [-0.2, -0.15) is 0 Å². The molecule has 0 aromatic carbocycles. The molecule has 1 atom stereocenters. The van der Waals surface area contributed by atoms with Gasteiger partial charge < -0.3 is 4.74 Å². The van der Waals surface area contributed by atoms with E-state index in [1.54, 1.807) is 0 Å². The first kappa shape index (κ1) is 11.7. The highest BCUT2D eigenvalue weighted by Crippen LogP contribution is 2.12. The van der Waals surface area contributed by atoms with E-state index in [4.69, 9.17) is 4.74 Å². The number of ether oxygens (including phenoxy) is 1. The van der Waals surface area contributed by atoms with Crippen molar-refractivity contribution in [3.8, 4) is 0 Å². The zero-order valence-electron chi connectivity index (χ0n) is 9.29. The summed E-state index contributed by atoms with van der Waals surface area (Å²) >= 11 is 0. The minimum atomic E-state index is 0.341. The van der Waals surface area contributed by atoms with Crippen LogP contribution in [0.25, 0.3) is 0 Å². The SMILES string of the molecule is CCCC(=O)CN(C)CC1CCCO1. The lowest BCUT2D eigenvalue weighted by molar-refractivity contribution is -0.120. The standard InChI is InChI=1S/C11H21NO2/c1-3-5-10(13)8-12(2)9-11-6-4-7-14-11/h11H,3-9H2,1-2H3. The van der Waals surface area contributed by atoms with Gasteiger partial charge in [0.2, 0.25) is 0 Å². The monoisotopic (exact) mass is 199 g/mol. The highest BCUT2D eigenvalue weighted by molar-refractivity contribution is 5.80. The van der Waals surface area contributed by atoms with E-state index in [0.29, 0.717) is 24.9 Å². The molecule has 1 heterocycles. The van der Waals surface area contributed by atoms with E-state index >= 15 is 0 Å². The summed E-state index contributed by atoms with van der Waals surface area (Å²) < 4.78 is 5.51. The van der Waals surface area contributed by atoms with Crippen molar-refractivity contribution in [1.82, 2.24) is 4.90 Å². The maximum Gasteiger partial charge on any atom is 0.146 e. The van der Waals surface area contributed by atoms with Gasteiger partial charge in [-0.1, -0.05) is 6.92 Å². The van der Waals surface area contributed by atoms with E-state index in [0.717, 1.165) is 26.0 Å². The second-order valence-electron chi connectivity index (χ2n) is 4.12. The predicted molar refractivity (Wildman–Crippen MR) is 56.4 cm³/mol. The van der Waals surface area contributed by atoms with Gasteiger partial charge in [-0.05, 0) is 26.3 Å². The number of hydrogen-bond acceptors (Lipinski definition) is 3. The van der Waals surface area contributed by atoms with Crippen LogP contribution in [0.4, 0.5) is 0 Å². The lowest BCUT2D eigenvalue weighted by atomic mass is 10.2. The molecule has 0 amide bonds. The molecule has 1 unspecified atom stereocenters. The maximum atomic E-state index is 11.3. The molecule has 0 aromatic rings. The third kappa shape index (κ3) is 4.20. The first-order chi connectivity index (χ1) is 6.72. The summed E-state index contributed by atoms with van der Waals surface area (Å²) in [6.45, 7) is 4.41. The van der Waals surface area contributed by atoms with Gasteiger partial charge in [-0.15, -0.1) is 0 Å². The Balaban J connectivity index is 2.14. The van der Waals surface area contributed by atoms with Gasteiger partial charge in [0.05, 0.1) is 12.6 Å². The summed E-state index contributed by atoms with van der Waals surface area (Å²) in [6.07, 6.45) is 4.32. The van der Waals surface area contributed by atoms with Crippen LogP contribution in [0.5, 0.6) is 0 Å². The third-order valence-corrected chi connectivity index (χ3v) is 2.51. The predicted octanol–water partition coefficient (Wildman–Crippen LogP) is 1.47. The van der Waals surface area contributed by atoms with Gasteiger partial charge in [-0.25, -0.2) is 0 Å². The molecule has 0 aromatic heterocycles. The van der Waals surface area contributed by atoms with Gasteiger partial charge in [0.25, 0.3) is 0 Å². The molecule has 3 nitrogen and oxygen atoms in total. The Bertz CT molecular complexity index is 176. The molecule has 0 spiro atoms. The Morgan fingerprint density at radius 2 is 2.36 bits per heavy atom. The van der Waals surface area contributed by atoms with E-state index in [1.165, 1.54) is 6.42 Å². The lowest BCUT2D eigenvalue weighted by Crippen LogP contribution is -2.32. The lowest BCUT2D eigenvalue weighted by Gasteiger charge is -2.19. The van der Waals surface area contributed by atoms with Crippen LogP contribution in [0.2, 0.25) is 0 Å². The second-order valence-corrected chi connectivity index (χ2v) is 4.12. The number of carbonyl (C=O) groups excluding carboxylic acids is 1. The van der Waals surface area contributed by atoms with E-state index in [2.05, 4.69) is 4.90 Å². The molecular formula is C11H21NO2. The van der Waals surface area contributed by atoms with Crippen LogP contribution in [-0.4, -0.2) is 43.5 Å². The van der Waals surface area contributed by atoms with Crippen molar-refractivity contribution in [2.45, 2.75) is 38.7 Å². The molecule has 0 bridgehead atoms. The molecule has 0 saturated carbocycles. The van der Waals surface area contributed by atoms with E-state index in [9.17, 15) is 4.79 Å². The van der Waals surface area contributed by atoms with Gasteiger partial charge >= 0.3 is 0 Å². The second kappa shape index (κ2) is 6.14. The van der Waals surface area contributed by atoms with Crippen molar-refractivity contribution in [1.29, 1.82) is 0 Å². The molecule has 3 heteroatoms.